The summed E-state index contributed by atoms with van der Waals surface area (Å²) in [6.45, 7) is 17.1. The zero-order valence-corrected chi connectivity index (χ0v) is 14.5. The summed E-state index contributed by atoms with van der Waals surface area (Å²) >= 11 is 0. The lowest BCUT2D eigenvalue weighted by molar-refractivity contribution is 1.46. The van der Waals surface area contributed by atoms with Crippen LogP contribution in [0.3, 0.4) is 0 Å². The van der Waals surface area contributed by atoms with Crippen LogP contribution < -0.4 is 10.4 Å². The minimum Gasteiger partial charge on any atom is -0.0985 e. The summed E-state index contributed by atoms with van der Waals surface area (Å²) in [7, 11) is -1.79. The van der Waals surface area contributed by atoms with Crippen LogP contribution in [0, 0.1) is 13.8 Å². The highest BCUT2D eigenvalue weighted by Crippen LogP contribution is 2.15. The Morgan fingerprint density at radius 3 is 1.48 bits per heavy atom. The van der Waals surface area contributed by atoms with E-state index in [1.807, 2.05) is 12.2 Å². The van der Waals surface area contributed by atoms with Crippen LogP contribution in [-0.2, 0) is 0 Å². The Morgan fingerprint density at radius 1 is 0.762 bits per heavy atom. The first kappa shape index (κ1) is 15.5. The van der Waals surface area contributed by atoms with E-state index in [1.54, 1.807) is 0 Å². The SMILES string of the molecule is C=Cc1ccc(C)cc1[Si](C)(C)c1cc(C)ccc1C=C. The number of hydrogen-bond acceptors (Lipinski definition) is 0. The lowest BCUT2D eigenvalue weighted by Gasteiger charge is -2.28. The molecule has 0 aliphatic carbocycles. The molecule has 2 aromatic carbocycles. The third-order valence-corrected chi connectivity index (χ3v) is 7.76. The van der Waals surface area contributed by atoms with Crippen LogP contribution in [0.15, 0.2) is 49.6 Å². The lowest BCUT2D eigenvalue weighted by atomic mass is 10.1. The Kier molecular flexibility index (Phi) is 4.34. The molecule has 0 aliphatic heterocycles. The fraction of sp³-hybridized carbons (Fsp3) is 0.200. The van der Waals surface area contributed by atoms with E-state index >= 15 is 0 Å². The largest absolute Gasteiger partial charge is 0.113 e. The van der Waals surface area contributed by atoms with Gasteiger partial charge >= 0.3 is 0 Å². The molecular formula is C20H24Si. The summed E-state index contributed by atoms with van der Waals surface area (Å²) < 4.78 is 0. The van der Waals surface area contributed by atoms with E-state index in [0.29, 0.717) is 0 Å². The monoisotopic (exact) mass is 292 g/mol. The van der Waals surface area contributed by atoms with Gasteiger partial charge in [-0.25, -0.2) is 0 Å². The van der Waals surface area contributed by atoms with Crippen molar-refractivity contribution in [1.82, 2.24) is 0 Å². The molecule has 108 valence electrons. The van der Waals surface area contributed by atoms with Crippen molar-refractivity contribution in [3.63, 3.8) is 0 Å². The molecule has 0 atom stereocenters. The van der Waals surface area contributed by atoms with Gasteiger partial charge in [-0.15, -0.1) is 0 Å². The second-order valence-corrected chi connectivity index (χ2v) is 10.5. The van der Waals surface area contributed by atoms with E-state index in [9.17, 15) is 0 Å². The molecule has 0 fully saturated rings. The predicted molar refractivity (Wildman–Crippen MR) is 99.3 cm³/mol. The maximum atomic E-state index is 3.99. The molecule has 2 rings (SSSR count). The van der Waals surface area contributed by atoms with Gasteiger partial charge in [0.15, 0.2) is 0 Å². The smallest absolute Gasteiger partial charge is 0.0985 e. The highest BCUT2D eigenvalue weighted by Gasteiger charge is 2.29. The number of hydrogen-bond donors (Lipinski definition) is 0. The van der Waals surface area contributed by atoms with Gasteiger partial charge in [0.2, 0.25) is 0 Å². The molecule has 0 amide bonds. The van der Waals surface area contributed by atoms with Crippen molar-refractivity contribution in [1.29, 1.82) is 0 Å². The fourth-order valence-electron chi connectivity index (χ4n) is 2.92. The molecular weight excluding hydrogens is 268 g/mol. The highest BCUT2D eigenvalue weighted by atomic mass is 28.3. The van der Waals surface area contributed by atoms with E-state index in [-0.39, 0.29) is 0 Å². The zero-order chi connectivity index (χ0) is 15.6. The average Bonchev–Trinajstić information content (AvgIpc) is 2.47. The Bertz CT molecular complexity index is 633. The third kappa shape index (κ3) is 2.93. The summed E-state index contributed by atoms with van der Waals surface area (Å²) in [6, 6.07) is 13.4. The molecule has 0 saturated heterocycles. The quantitative estimate of drug-likeness (QED) is 0.732. The minimum absolute atomic E-state index is 1.26. The molecule has 21 heavy (non-hydrogen) atoms. The molecule has 1 heteroatoms. The molecule has 0 aromatic heterocycles. The van der Waals surface area contributed by atoms with Gasteiger partial charge in [0.05, 0.1) is 0 Å². The molecule has 0 radical (unpaired) electrons. The van der Waals surface area contributed by atoms with Crippen molar-refractivity contribution >= 4 is 30.6 Å². The molecule has 0 N–H and O–H groups in total. The van der Waals surface area contributed by atoms with Crippen LogP contribution in [0.25, 0.3) is 12.2 Å². The van der Waals surface area contributed by atoms with Crippen molar-refractivity contribution in [2.45, 2.75) is 26.9 Å². The average molecular weight is 292 g/mol. The van der Waals surface area contributed by atoms with Gasteiger partial charge < -0.3 is 0 Å². The standard InChI is InChI=1S/C20H24Si/c1-7-17-11-9-15(3)13-19(17)21(5,6)20-14-16(4)10-12-18(20)8-2/h7-14H,1-2H2,3-6H3. The van der Waals surface area contributed by atoms with Crippen molar-refractivity contribution < 1.29 is 0 Å². The van der Waals surface area contributed by atoms with E-state index in [2.05, 4.69) is 76.5 Å². The zero-order valence-electron chi connectivity index (χ0n) is 13.5. The lowest BCUT2D eigenvalue weighted by Crippen LogP contribution is -2.55. The van der Waals surface area contributed by atoms with E-state index in [0.717, 1.165) is 0 Å². The van der Waals surface area contributed by atoms with Gasteiger partial charge in [0, 0.05) is 0 Å². The molecule has 0 heterocycles. The maximum absolute atomic E-state index is 3.99. The summed E-state index contributed by atoms with van der Waals surface area (Å²) in [5, 5.41) is 2.90. The van der Waals surface area contributed by atoms with Crippen LogP contribution in [0.5, 0.6) is 0 Å². The van der Waals surface area contributed by atoms with Crippen molar-refractivity contribution in [3.8, 4) is 0 Å². The fourth-order valence-corrected chi connectivity index (χ4v) is 6.21. The second-order valence-electron chi connectivity index (χ2n) is 6.21. The van der Waals surface area contributed by atoms with Gasteiger partial charge in [-0.05, 0) is 35.3 Å². The minimum atomic E-state index is -1.79. The first-order chi connectivity index (χ1) is 9.90. The van der Waals surface area contributed by atoms with E-state index in [4.69, 9.17) is 0 Å². The number of benzene rings is 2. The summed E-state index contributed by atoms with van der Waals surface area (Å²) in [5.74, 6) is 0. The molecule has 0 bridgehead atoms. The third-order valence-electron chi connectivity index (χ3n) is 4.20. The highest BCUT2D eigenvalue weighted by molar-refractivity contribution is 7.01. The van der Waals surface area contributed by atoms with Gasteiger partial charge in [0.1, 0.15) is 8.07 Å². The van der Waals surface area contributed by atoms with Gasteiger partial charge in [-0.3, -0.25) is 0 Å². The van der Waals surface area contributed by atoms with E-state index in [1.165, 1.54) is 32.6 Å². The van der Waals surface area contributed by atoms with Crippen LogP contribution in [0.1, 0.15) is 22.3 Å². The second kappa shape index (κ2) is 5.86. The molecule has 0 spiro atoms. The molecule has 2 aromatic rings. The maximum Gasteiger partial charge on any atom is 0.113 e. The Hall–Kier alpha value is -1.86. The summed E-state index contributed by atoms with van der Waals surface area (Å²) in [5.41, 5.74) is 5.13. The van der Waals surface area contributed by atoms with Gasteiger partial charge in [-0.1, -0.05) is 85.9 Å². The molecule has 0 nitrogen and oxygen atoms in total. The van der Waals surface area contributed by atoms with Crippen molar-refractivity contribution in [2.75, 3.05) is 0 Å². The number of aryl methyl sites for hydroxylation is 2. The van der Waals surface area contributed by atoms with Gasteiger partial charge in [-0.2, -0.15) is 0 Å². The van der Waals surface area contributed by atoms with Crippen LogP contribution in [0.4, 0.5) is 0 Å². The summed E-state index contributed by atoms with van der Waals surface area (Å²) in [6.07, 6.45) is 3.96. The van der Waals surface area contributed by atoms with E-state index < -0.39 is 8.07 Å². The predicted octanol–water partition coefficient (Wildman–Crippen LogP) is 4.41. The van der Waals surface area contributed by atoms with Crippen LogP contribution in [0.2, 0.25) is 13.1 Å². The normalized spacial score (nSPS) is 11.2. The number of rotatable bonds is 4. The Morgan fingerprint density at radius 2 is 1.14 bits per heavy atom. The molecule has 0 unspecified atom stereocenters. The van der Waals surface area contributed by atoms with Crippen molar-refractivity contribution in [2.24, 2.45) is 0 Å². The van der Waals surface area contributed by atoms with Crippen LogP contribution >= 0.6 is 0 Å². The Balaban J connectivity index is 2.72. The Labute approximate surface area is 129 Å². The van der Waals surface area contributed by atoms with Crippen LogP contribution in [-0.4, -0.2) is 8.07 Å². The van der Waals surface area contributed by atoms with Gasteiger partial charge in [0.25, 0.3) is 0 Å². The topological polar surface area (TPSA) is 0 Å². The molecule has 0 saturated carbocycles. The van der Waals surface area contributed by atoms with Crippen molar-refractivity contribution in [3.05, 3.63) is 71.8 Å². The first-order valence-corrected chi connectivity index (χ1v) is 10.4. The summed E-state index contributed by atoms with van der Waals surface area (Å²) in [4.78, 5) is 0. The first-order valence-electron chi connectivity index (χ1n) is 7.37. The molecule has 0 aliphatic rings.